The van der Waals surface area contributed by atoms with Gasteiger partial charge in [0.2, 0.25) is 0 Å². The van der Waals surface area contributed by atoms with Gasteiger partial charge in [0.1, 0.15) is 6.04 Å². The summed E-state index contributed by atoms with van der Waals surface area (Å²) in [4.78, 5) is 35.0. The molecule has 6 nitrogen and oxygen atoms in total. The van der Waals surface area contributed by atoms with Crippen molar-refractivity contribution in [1.29, 1.82) is 0 Å². The van der Waals surface area contributed by atoms with E-state index in [1.54, 1.807) is 12.2 Å². The lowest BCUT2D eigenvalue weighted by Gasteiger charge is -2.25. The first-order valence-electron chi connectivity index (χ1n) is 10.7. The molecule has 1 fully saturated rings. The highest BCUT2D eigenvalue weighted by atomic mass is 32.3. The number of ether oxygens (including phenoxy) is 2. The summed E-state index contributed by atoms with van der Waals surface area (Å²) in [6, 6.07) is -1.33. The molecular formula is C22H34F3NO5S. The first-order valence-corrected chi connectivity index (χ1v) is 13.7. The maximum atomic E-state index is 12.6. The van der Waals surface area contributed by atoms with Crippen LogP contribution in [0, 0.1) is 23.7 Å². The molecule has 1 amide bonds. The average Bonchev–Trinajstić information content (AvgIpc) is 3.44. The second-order valence-electron chi connectivity index (χ2n) is 8.61. The van der Waals surface area contributed by atoms with Crippen molar-refractivity contribution in [3.05, 3.63) is 0 Å². The first-order chi connectivity index (χ1) is 14.8. The Labute approximate surface area is 189 Å². The van der Waals surface area contributed by atoms with E-state index in [0.717, 1.165) is 0 Å². The van der Waals surface area contributed by atoms with Crippen LogP contribution in [0.1, 0.15) is 45.4 Å². The summed E-state index contributed by atoms with van der Waals surface area (Å²) in [6.07, 6.45) is 4.18. The van der Waals surface area contributed by atoms with Crippen LogP contribution in [0.15, 0.2) is 0 Å². The summed E-state index contributed by atoms with van der Waals surface area (Å²) < 4.78 is 47.8. The quantitative estimate of drug-likeness (QED) is 0.262. The number of alkyl halides is 3. The van der Waals surface area contributed by atoms with Gasteiger partial charge in [-0.15, -0.1) is 5.92 Å². The van der Waals surface area contributed by atoms with Crippen LogP contribution in [0.2, 0.25) is 0 Å². The van der Waals surface area contributed by atoms with Gasteiger partial charge in [0.15, 0.2) is 0 Å². The van der Waals surface area contributed by atoms with Gasteiger partial charge in [-0.3, -0.25) is 9.59 Å². The summed E-state index contributed by atoms with van der Waals surface area (Å²) in [6.45, 7) is 2.22. The number of esters is 2. The number of nitrogens with one attached hydrogen (secondary N) is 1. The molecule has 1 saturated carbocycles. The Balaban J connectivity index is 2.39. The minimum atomic E-state index is -5.06. The van der Waals surface area contributed by atoms with E-state index in [-0.39, 0.29) is 30.8 Å². The third kappa shape index (κ3) is 11.7. The molecule has 1 aliphatic carbocycles. The summed E-state index contributed by atoms with van der Waals surface area (Å²) in [5.41, 5.74) is 0. The molecule has 1 rings (SSSR count). The molecule has 2 unspecified atom stereocenters. The van der Waals surface area contributed by atoms with Gasteiger partial charge < -0.3 is 14.8 Å². The maximum absolute atomic E-state index is 12.6. The SMILES string of the molecule is CCOC(=O)C1CC1C#CCCCCC[C@H](NC(=O)C(F)(F)F)C(=O)OCCS(C)(C)C. The molecule has 0 bridgehead atoms. The molecule has 0 aromatic carbocycles. The Morgan fingerprint density at radius 2 is 1.81 bits per heavy atom. The zero-order valence-electron chi connectivity index (χ0n) is 19.2. The lowest BCUT2D eigenvalue weighted by atomic mass is 10.1. The van der Waals surface area contributed by atoms with Crippen molar-refractivity contribution in [2.45, 2.75) is 57.7 Å². The fourth-order valence-corrected chi connectivity index (χ4v) is 3.37. The second-order valence-corrected chi connectivity index (χ2v) is 13.2. The molecule has 10 heteroatoms. The molecular weight excluding hydrogens is 447 g/mol. The lowest BCUT2D eigenvalue weighted by Crippen LogP contribution is -2.47. The van der Waals surface area contributed by atoms with E-state index in [1.807, 2.05) is 18.8 Å². The van der Waals surface area contributed by atoms with Crippen LogP contribution in [0.3, 0.4) is 0 Å². The Morgan fingerprint density at radius 1 is 1.12 bits per heavy atom. The van der Waals surface area contributed by atoms with Crippen molar-refractivity contribution in [3.63, 3.8) is 0 Å². The minimum absolute atomic E-state index is 0.0423. The molecule has 0 saturated heterocycles. The number of carbonyl (C=O) groups excluding carboxylic acids is 3. The highest BCUT2D eigenvalue weighted by Gasteiger charge is 2.43. The average molecular weight is 482 g/mol. The number of rotatable bonds is 12. The number of carbonyl (C=O) groups is 3. The molecule has 0 aromatic rings. The molecule has 1 aliphatic rings. The summed E-state index contributed by atoms with van der Waals surface area (Å²) >= 11 is 0. The largest absolute Gasteiger partial charge is 0.471 e. The van der Waals surface area contributed by atoms with E-state index >= 15 is 0 Å². The highest BCUT2D eigenvalue weighted by molar-refractivity contribution is 8.32. The van der Waals surface area contributed by atoms with Gasteiger partial charge in [-0.25, -0.2) is 14.8 Å². The number of amides is 1. The number of halogens is 3. The smallest absolute Gasteiger partial charge is 0.466 e. The molecule has 1 N–H and O–H groups in total. The van der Waals surface area contributed by atoms with Gasteiger partial charge >= 0.3 is 24.0 Å². The standard InChI is InChI=1S/C22H34F3NO5S/c1-5-30-19(27)17-15-16(17)11-9-7-6-8-10-12-18(26-21(29)22(23,24)25)20(28)31-13-14-32(2,3)4/h16-18H,5-8,10,12-15H2,1-4H3,(H,26,29)/t16?,17?,18-/m0/s1. The monoisotopic (exact) mass is 481 g/mol. The van der Waals surface area contributed by atoms with Crippen LogP contribution in [0.5, 0.6) is 0 Å². The normalized spacial score (nSPS) is 19.2. The Hall–Kier alpha value is -1.89. The molecule has 184 valence electrons. The highest BCUT2D eigenvalue weighted by Crippen LogP contribution is 2.38. The second kappa shape index (κ2) is 13.0. The minimum Gasteiger partial charge on any atom is -0.466 e. The van der Waals surface area contributed by atoms with E-state index in [9.17, 15) is 27.6 Å². The van der Waals surface area contributed by atoms with Gasteiger partial charge in [-0.2, -0.15) is 13.2 Å². The predicted octanol–water partition coefficient (Wildman–Crippen LogP) is 3.42. The maximum Gasteiger partial charge on any atom is 0.471 e. The van der Waals surface area contributed by atoms with Crippen molar-refractivity contribution in [2.24, 2.45) is 11.8 Å². The third-order valence-electron chi connectivity index (χ3n) is 4.75. The van der Waals surface area contributed by atoms with Crippen LogP contribution in [0.4, 0.5) is 13.2 Å². The molecule has 0 radical (unpaired) electrons. The Morgan fingerprint density at radius 3 is 2.41 bits per heavy atom. The summed E-state index contributed by atoms with van der Waals surface area (Å²) in [5, 5.41) is 1.75. The zero-order chi connectivity index (χ0) is 24.4. The molecule has 3 atom stereocenters. The fraction of sp³-hybridized carbons (Fsp3) is 0.773. The first kappa shape index (κ1) is 28.1. The van der Waals surface area contributed by atoms with E-state index in [2.05, 4.69) is 11.8 Å². The number of hydrogen-bond donors (Lipinski definition) is 1. The van der Waals surface area contributed by atoms with Crippen LogP contribution >= 0.6 is 10.0 Å². The molecule has 0 heterocycles. The Bertz CT molecular complexity index is 709. The van der Waals surface area contributed by atoms with Gasteiger partial charge in [0, 0.05) is 18.1 Å². The number of hydrogen-bond acceptors (Lipinski definition) is 5. The van der Waals surface area contributed by atoms with Crippen LogP contribution in [0.25, 0.3) is 0 Å². The third-order valence-corrected chi connectivity index (χ3v) is 6.14. The van der Waals surface area contributed by atoms with E-state index < -0.39 is 34.1 Å². The van der Waals surface area contributed by atoms with Crippen molar-refractivity contribution < 1.29 is 37.0 Å². The summed E-state index contributed by atoms with van der Waals surface area (Å²) in [7, 11) is -0.918. The lowest BCUT2D eigenvalue weighted by molar-refractivity contribution is -0.176. The van der Waals surface area contributed by atoms with Crippen molar-refractivity contribution in [3.8, 4) is 11.8 Å². The van der Waals surface area contributed by atoms with Crippen molar-refractivity contribution in [1.82, 2.24) is 5.32 Å². The van der Waals surface area contributed by atoms with E-state index in [1.165, 1.54) is 0 Å². The fourth-order valence-electron chi connectivity index (χ4n) is 2.79. The molecule has 32 heavy (non-hydrogen) atoms. The molecule has 0 aromatic heterocycles. The van der Waals surface area contributed by atoms with Gasteiger partial charge in [-0.05, 0) is 45.0 Å². The van der Waals surface area contributed by atoms with Gasteiger partial charge in [-0.1, -0.05) is 18.8 Å². The molecule has 0 spiro atoms. The Kier molecular flexibility index (Phi) is 11.4. The van der Waals surface area contributed by atoms with Crippen molar-refractivity contribution in [2.75, 3.05) is 37.7 Å². The van der Waals surface area contributed by atoms with Gasteiger partial charge in [0.25, 0.3) is 0 Å². The van der Waals surface area contributed by atoms with Crippen LogP contribution in [-0.4, -0.2) is 67.8 Å². The predicted molar refractivity (Wildman–Crippen MR) is 118 cm³/mol. The van der Waals surface area contributed by atoms with E-state index in [4.69, 9.17) is 9.47 Å². The van der Waals surface area contributed by atoms with E-state index in [0.29, 0.717) is 44.5 Å². The van der Waals surface area contributed by atoms with Crippen LogP contribution in [-0.2, 0) is 23.9 Å². The number of unbranched alkanes of at least 4 members (excludes halogenated alkanes) is 3. The van der Waals surface area contributed by atoms with Gasteiger partial charge in [0.05, 0.1) is 19.1 Å². The van der Waals surface area contributed by atoms with Crippen LogP contribution < -0.4 is 5.32 Å². The topological polar surface area (TPSA) is 81.7 Å². The zero-order valence-corrected chi connectivity index (χ0v) is 20.0. The summed E-state index contributed by atoms with van der Waals surface area (Å²) in [5.74, 6) is 3.39. The molecule has 0 aliphatic heterocycles. The van der Waals surface area contributed by atoms with Crippen molar-refractivity contribution >= 4 is 27.9 Å².